The van der Waals surface area contributed by atoms with Crippen molar-refractivity contribution < 1.29 is 17.9 Å². The average Bonchev–Trinajstić information content (AvgIpc) is 2.60. The van der Waals surface area contributed by atoms with Gasteiger partial charge in [-0.2, -0.15) is 18.0 Å². The maximum absolute atomic E-state index is 11.9. The van der Waals surface area contributed by atoms with E-state index in [0.29, 0.717) is 12.2 Å². The lowest BCUT2D eigenvalue weighted by atomic mass is 10.2. The van der Waals surface area contributed by atoms with E-state index in [4.69, 9.17) is 0 Å². The van der Waals surface area contributed by atoms with Crippen LogP contribution in [-0.2, 0) is 18.2 Å². The molecule has 0 amide bonds. The number of hydrogen-bond donors (Lipinski definition) is 1. The highest BCUT2D eigenvalue weighted by atomic mass is 19.4. The first-order valence-electron chi connectivity index (χ1n) is 4.95. The highest BCUT2D eigenvalue weighted by Crippen LogP contribution is 2.14. The molecular formula is C8H14F3N5O. The van der Waals surface area contributed by atoms with Gasteiger partial charge >= 0.3 is 6.18 Å². The second kappa shape index (κ2) is 5.92. The van der Waals surface area contributed by atoms with Crippen molar-refractivity contribution in [2.75, 3.05) is 20.3 Å². The molecule has 0 aromatic carbocycles. The van der Waals surface area contributed by atoms with Crippen LogP contribution in [0.5, 0.6) is 0 Å². The Balaban J connectivity index is 2.34. The van der Waals surface area contributed by atoms with Crippen LogP contribution in [0.4, 0.5) is 13.2 Å². The number of halogens is 3. The fraction of sp³-hybridized carbons (Fsp3) is 0.875. The third-order valence-corrected chi connectivity index (χ3v) is 1.97. The molecule has 1 aromatic heterocycles. The molecule has 0 aliphatic carbocycles. The van der Waals surface area contributed by atoms with Crippen LogP contribution in [-0.4, -0.2) is 52.7 Å². The van der Waals surface area contributed by atoms with E-state index >= 15 is 0 Å². The molecular weight excluding hydrogens is 239 g/mol. The minimum absolute atomic E-state index is 0.0612. The number of tetrazole rings is 1. The number of ether oxygens (including phenoxy) is 1. The molecule has 0 aliphatic heterocycles. The number of nitrogens with zero attached hydrogens (tertiary/aromatic N) is 4. The van der Waals surface area contributed by atoms with Gasteiger partial charge in [0, 0.05) is 12.5 Å². The summed E-state index contributed by atoms with van der Waals surface area (Å²) < 4.78 is 40.1. The Bertz CT molecular complexity index is 340. The molecule has 1 rings (SSSR count). The lowest BCUT2D eigenvalue weighted by Gasteiger charge is -2.15. The fourth-order valence-electron chi connectivity index (χ4n) is 1.19. The van der Waals surface area contributed by atoms with Gasteiger partial charge in [0.2, 0.25) is 0 Å². The van der Waals surface area contributed by atoms with Crippen molar-refractivity contribution >= 4 is 0 Å². The second-order valence-electron chi connectivity index (χ2n) is 3.52. The second-order valence-corrected chi connectivity index (χ2v) is 3.52. The van der Waals surface area contributed by atoms with Crippen LogP contribution >= 0.6 is 0 Å². The van der Waals surface area contributed by atoms with Gasteiger partial charge in [-0.3, -0.25) is 0 Å². The largest absolute Gasteiger partial charge is 0.411 e. The standard InChI is InChI=1S/C8H14F3N5O/c1-12-6(4-17-5-8(9,10)11)3-7-13-15-16(2)14-7/h6,12H,3-5H2,1-2H3. The average molecular weight is 253 g/mol. The first kappa shape index (κ1) is 13.8. The normalized spacial score (nSPS) is 13.9. The van der Waals surface area contributed by atoms with E-state index in [1.165, 1.54) is 4.80 Å². The highest BCUT2D eigenvalue weighted by molar-refractivity contribution is 4.83. The molecule has 1 atom stereocenters. The summed E-state index contributed by atoms with van der Waals surface area (Å²) in [5.74, 6) is 0.461. The molecule has 0 aliphatic rings. The maximum atomic E-state index is 11.9. The van der Waals surface area contributed by atoms with Crippen molar-refractivity contribution in [3.8, 4) is 0 Å². The van der Waals surface area contributed by atoms with Crippen LogP contribution in [0.1, 0.15) is 5.82 Å². The smallest absolute Gasteiger partial charge is 0.370 e. The van der Waals surface area contributed by atoms with Crippen LogP contribution in [0, 0.1) is 0 Å². The van der Waals surface area contributed by atoms with Crippen molar-refractivity contribution in [1.82, 2.24) is 25.5 Å². The first-order valence-corrected chi connectivity index (χ1v) is 4.95. The topological polar surface area (TPSA) is 64.9 Å². The van der Waals surface area contributed by atoms with Gasteiger partial charge in [0.1, 0.15) is 6.61 Å². The summed E-state index contributed by atoms with van der Waals surface area (Å²) in [6.45, 7) is -1.31. The van der Waals surface area contributed by atoms with Crippen LogP contribution in [0.3, 0.4) is 0 Å². The molecule has 0 bridgehead atoms. The molecule has 1 aromatic rings. The summed E-state index contributed by atoms with van der Waals surface area (Å²) in [5.41, 5.74) is 0. The monoisotopic (exact) mass is 253 g/mol. The molecule has 1 unspecified atom stereocenters. The van der Waals surface area contributed by atoms with E-state index in [2.05, 4.69) is 25.5 Å². The van der Waals surface area contributed by atoms with Gasteiger partial charge in [-0.25, -0.2) is 0 Å². The Morgan fingerprint density at radius 3 is 2.65 bits per heavy atom. The zero-order valence-corrected chi connectivity index (χ0v) is 9.53. The minimum atomic E-state index is -4.30. The number of rotatable bonds is 6. The van der Waals surface area contributed by atoms with E-state index in [1.807, 2.05) is 0 Å². The van der Waals surface area contributed by atoms with Crippen molar-refractivity contribution in [3.05, 3.63) is 5.82 Å². The van der Waals surface area contributed by atoms with E-state index in [9.17, 15) is 13.2 Å². The predicted octanol–water partition coefficient (Wildman–Crippen LogP) is -0.0805. The van der Waals surface area contributed by atoms with Gasteiger partial charge in [0.15, 0.2) is 5.82 Å². The molecule has 0 radical (unpaired) electrons. The molecule has 6 nitrogen and oxygen atoms in total. The van der Waals surface area contributed by atoms with Gasteiger partial charge in [0.05, 0.1) is 13.7 Å². The highest BCUT2D eigenvalue weighted by Gasteiger charge is 2.27. The van der Waals surface area contributed by atoms with Gasteiger partial charge < -0.3 is 10.1 Å². The summed E-state index contributed by atoms with van der Waals surface area (Å²) in [6, 6.07) is -0.276. The third-order valence-electron chi connectivity index (χ3n) is 1.97. The molecule has 9 heteroatoms. The molecule has 17 heavy (non-hydrogen) atoms. The molecule has 1 heterocycles. The number of aryl methyl sites for hydroxylation is 1. The van der Waals surface area contributed by atoms with Gasteiger partial charge in [0.25, 0.3) is 0 Å². The van der Waals surface area contributed by atoms with Gasteiger partial charge in [-0.15, -0.1) is 10.2 Å². The zero-order valence-electron chi connectivity index (χ0n) is 9.53. The van der Waals surface area contributed by atoms with Gasteiger partial charge in [-0.1, -0.05) is 0 Å². The number of nitrogens with one attached hydrogen (secondary N) is 1. The Kier molecular flexibility index (Phi) is 4.82. The third kappa shape index (κ3) is 5.59. The van der Waals surface area contributed by atoms with E-state index < -0.39 is 12.8 Å². The van der Waals surface area contributed by atoms with Gasteiger partial charge in [-0.05, 0) is 12.3 Å². The zero-order chi connectivity index (χ0) is 12.9. The molecule has 0 saturated heterocycles. The number of aromatic nitrogens is 4. The lowest BCUT2D eigenvalue weighted by Crippen LogP contribution is -2.34. The van der Waals surface area contributed by atoms with E-state index in [0.717, 1.165) is 0 Å². The first-order chi connectivity index (χ1) is 7.90. The Labute approximate surface area is 96.1 Å². The van der Waals surface area contributed by atoms with Crippen LogP contribution in [0.2, 0.25) is 0 Å². The summed E-state index contributed by atoms with van der Waals surface area (Å²) in [7, 11) is 3.25. The Morgan fingerprint density at radius 2 is 2.18 bits per heavy atom. The number of hydrogen-bond acceptors (Lipinski definition) is 5. The lowest BCUT2D eigenvalue weighted by molar-refractivity contribution is -0.175. The molecule has 0 spiro atoms. The maximum Gasteiger partial charge on any atom is 0.411 e. The molecule has 1 N–H and O–H groups in total. The van der Waals surface area contributed by atoms with Crippen LogP contribution in [0.25, 0.3) is 0 Å². The fourth-order valence-corrected chi connectivity index (χ4v) is 1.19. The quantitative estimate of drug-likeness (QED) is 0.768. The minimum Gasteiger partial charge on any atom is -0.370 e. The van der Waals surface area contributed by atoms with Crippen LogP contribution < -0.4 is 5.32 Å². The van der Waals surface area contributed by atoms with Crippen LogP contribution in [0.15, 0.2) is 0 Å². The number of likely N-dealkylation sites (N-methyl/N-ethyl adjacent to an activating group) is 1. The summed E-state index contributed by atoms with van der Waals surface area (Å²) in [4.78, 5) is 1.29. The predicted molar refractivity (Wildman–Crippen MR) is 52.2 cm³/mol. The number of alkyl halides is 3. The van der Waals surface area contributed by atoms with E-state index in [-0.39, 0.29) is 12.6 Å². The summed E-state index contributed by atoms with van der Waals surface area (Å²) >= 11 is 0. The Morgan fingerprint density at radius 1 is 1.47 bits per heavy atom. The SMILES string of the molecule is CNC(COCC(F)(F)F)Cc1nnn(C)n1. The summed E-state index contributed by atoms with van der Waals surface area (Å²) in [6.07, 6.45) is -3.94. The molecule has 98 valence electrons. The molecule has 0 fully saturated rings. The van der Waals surface area contributed by atoms with E-state index in [1.54, 1.807) is 14.1 Å². The van der Waals surface area contributed by atoms with Crippen molar-refractivity contribution in [3.63, 3.8) is 0 Å². The molecule has 0 saturated carbocycles. The van der Waals surface area contributed by atoms with Crippen molar-refractivity contribution in [1.29, 1.82) is 0 Å². The van der Waals surface area contributed by atoms with Crippen molar-refractivity contribution in [2.24, 2.45) is 7.05 Å². The summed E-state index contributed by atoms with van der Waals surface area (Å²) in [5, 5.41) is 14.1. The Hall–Kier alpha value is -1.22. The van der Waals surface area contributed by atoms with Crippen molar-refractivity contribution in [2.45, 2.75) is 18.6 Å².